The molecule has 3 unspecified atom stereocenters. The van der Waals surface area contributed by atoms with E-state index in [9.17, 15) is 19.2 Å². The lowest BCUT2D eigenvalue weighted by Gasteiger charge is -2.13. The minimum atomic E-state index is -0.577. The van der Waals surface area contributed by atoms with Crippen molar-refractivity contribution in [3.05, 3.63) is 11.6 Å². The first-order chi connectivity index (χ1) is 9.85. The standard InChI is InChI=1S/C12H13BIO6P/c13-21(14)5-6(1-7-3-9(15)19-11(7)17)2-8-4-10(16)20-12(8)18/h1,7-8H,2-5,13H2/b6-1+. The summed E-state index contributed by atoms with van der Waals surface area (Å²) in [4.78, 5) is 45.3. The average Bonchev–Trinajstić information content (AvgIpc) is 2.81. The van der Waals surface area contributed by atoms with Gasteiger partial charge in [-0.05, 0) is 12.6 Å². The number of hydrogen-bond acceptors (Lipinski definition) is 6. The van der Waals surface area contributed by atoms with Crippen LogP contribution >= 0.6 is 27.5 Å². The first-order valence-electron chi connectivity index (χ1n) is 6.40. The Bertz CT molecular complexity index is 532. The molecule has 0 spiro atoms. The highest BCUT2D eigenvalue weighted by molar-refractivity contribution is 14.2. The van der Waals surface area contributed by atoms with E-state index >= 15 is 0 Å². The number of esters is 4. The predicted octanol–water partition coefficient (Wildman–Crippen LogP) is 0.862. The molecule has 0 aliphatic carbocycles. The molecule has 0 saturated carbocycles. The van der Waals surface area contributed by atoms with Gasteiger partial charge in [0.15, 0.2) is 0 Å². The Labute approximate surface area is 136 Å². The van der Waals surface area contributed by atoms with Gasteiger partial charge in [-0.15, -0.1) is 0 Å². The third-order valence-electron chi connectivity index (χ3n) is 3.23. The monoisotopic (exact) mass is 422 g/mol. The van der Waals surface area contributed by atoms with Crippen molar-refractivity contribution in [2.45, 2.75) is 19.3 Å². The molecule has 2 heterocycles. The van der Waals surface area contributed by atoms with Crippen LogP contribution in [0.1, 0.15) is 19.3 Å². The Morgan fingerprint density at radius 3 is 2.29 bits per heavy atom. The van der Waals surface area contributed by atoms with Gasteiger partial charge in [0, 0.05) is 0 Å². The molecule has 2 fully saturated rings. The van der Waals surface area contributed by atoms with Crippen molar-refractivity contribution in [3.8, 4) is 0 Å². The molecule has 0 aromatic heterocycles. The molecular weight excluding hydrogens is 409 g/mol. The van der Waals surface area contributed by atoms with E-state index in [2.05, 4.69) is 39.1 Å². The van der Waals surface area contributed by atoms with Crippen molar-refractivity contribution in [1.82, 2.24) is 0 Å². The molecule has 112 valence electrons. The normalized spacial score (nSPS) is 27.8. The predicted molar refractivity (Wildman–Crippen MR) is 85.5 cm³/mol. The van der Waals surface area contributed by atoms with Gasteiger partial charge in [-0.2, -0.15) is 0 Å². The van der Waals surface area contributed by atoms with Gasteiger partial charge in [0.25, 0.3) is 0 Å². The van der Waals surface area contributed by atoms with Gasteiger partial charge >= 0.3 is 23.9 Å². The minimum absolute atomic E-state index is 0.0409. The summed E-state index contributed by atoms with van der Waals surface area (Å²) >= 11 is 2.31. The van der Waals surface area contributed by atoms with Crippen LogP contribution in [0.2, 0.25) is 0 Å². The van der Waals surface area contributed by atoms with E-state index in [-0.39, 0.29) is 18.3 Å². The summed E-state index contributed by atoms with van der Waals surface area (Å²) in [5.74, 6) is -3.14. The number of allylic oxidation sites excluding steroid dienone is 1. The third kappa shape index (κ3) is 4.61. The lowest BCUT2D eigenvalue weighted by molar-refractivity contribution is -0.154. The highest BCUT2D eigenvalue weighted by Crippen LogP contribution is 2.43. The van der Waals surface area contributed by atoms with Crippen molar-refractivity contribution >= 4 is 58.9 Å². The fraction of sp³-hybridized carbons (Fsp3) is 0.500. The van der Waals surface area contributed by atoms with E-state index < -0.39 is 35.7 Å². The smallest absolute Gasteiger partial charge is 0.321 e. The molecular formula is C12H13BIO6P. The quantitative estimate of drug-likeness (QED) is 0.163. The Kier molecular flexibility index (Phi) is 5.54. The van der Waals surface area contributed by atoms with Crippen molar-refractivity contribution in [2.24, 2.45) is 11.8 Å². The number of cyclic esters (lactones) is 4. The zero-order valence-electron chi connectivity index (χ0n) is 11.3. The number of hydrogen-bond donors (Lipinski definition) is 0. The van der Waals surface area contributed by atoms with Crippen LogP contribution < -0.4 is 0 Å². The molecule has 2 rings (SSSR count). The highest BCUT2D eigenvalue weighted by Gasteiger charge is 2.36. The van der Waals surface area contributed by atoms with Crippen LogP contribution in [-0.4, -0.2) is 37.6 Å². The van der Waals surface area contributed by atoms with Crippen molar-refractivity contribution in [1.29, 1.82) is 0 Å². The van der Waals surface area contributed by atoms with E-state index in [1.54, 1.807) is 6.08 Å². The first kappa shape index (κ1) is 16.6. The summed E-state index contributed by atoms with van der Waals surface area (Å²) in [7, 11) is 2.07. The molecule has 0 N–H and O–H groups in total. The number of carbonyl (C=O) groups is 4. The first-order valence-corrected chi connectivity index (χ1v) is 11.2. The second kappa shape index (κ2) is 7.00. The number of carbonyl (C=O) groups excluding carboxylic acids is 4. The van der Waals surface area contributed by atoms with Gasteiger partial charge in [0.2, 0.25) is 0 Å². The fourth-order valence-corrected chi connectivity index (χ4v) is 4.47. The van der Waals surface area contributed by atoms with E-state index in [1.165, 1.54) is 0 Å². The maximum absolute atomic E-state index is 11.5. The van der Waals surface area contributed by atoms with Crippen molar-refractivity contribution in [2.75, 3.05) is 6.16 Å². The summed E-state index contributed by atoms with van der Waals surface area (Å²) in [6.45, 7) is 0. The topological polar surface area (TPSA) is 86.7 Å². The van der Waals surface area contributed by atoms with Gasteiger partial charge in [-0.3, -0.25) is 19.2 Å². The van der Waals surface area contributed by atoms with E-state index in [0.717, 1.165) is 11.7 Å². The zero-order chi connectivity index (χ0) is 15.6. The number of rotatable bonds is 5. The SMILES string of the molecule is BP(I)C/C(=C/C1CC(=O)OC1=O)CC1CC(=O)OC1=O. The summed E-state index contributed by atoms with van der Waals surface area (Å²) in [6.07, 6.45) is 2.97. The molecule has 2 saturated heterocycles. The molecule has 6 nitrogen and oxygen atoms in total. The van der Waals surface area contributed by atoms with Gasteiger partial charge in [0.1, 0.15) is 7.57 Å². The van der Waals surface area contributed by atoms with E-state index in [1.807, 2.05) is 0 Å². The van der Waals surface area contributed by atoms with Gasteiger partial charge < -0.3 is 9.47 Å². The Morgan fingerprint density at radius 1 is 1.19 bits per heavy atom. The van der Waals surface area contributed by atoms with Crippen LogP contribution in [0.15, 0.2) is 11.6 Å². The molecule has 9 heteroatoms. The van der Waals surface area contributed by atoms with Crippen LogP contribution in [0.5, 0.6) is 0 Å². The minimum Gasteiger partial charge on any atom is -0.393 e. The molecule has 0 aromatic carbocycles. The molecule has 3 atom stereocenters. The van der Waals surface area contributed by atoms with Crippen LogP contribution in [0, 0.1) is 11.8 Å². The van der Waals surface area contributed by atoms with Gasteiger partial charge in [0.05, 0.1) is 24.7 Å². The molecule has 2 aliphatic rings. The maximum atomic E-state index is 11.5. The molecule has 21 heavy (non-hydrogen) atoms. The lowest BCUT2D eigenvalue weighted by atomic mass is 9.95. The van der Waals surface area contributed by atoms with Gasteiger partial charge in [-0.25, -0.2) is 0 Å². The summed E-state index contributed by atoms with van der Waals surface area (Å²) in [6, 6.07) is 0. The third-order valence-corrected chi connectivity index (χ3v) is 5.10. The second-order valence-corrected chi connectivity index (χ2v) is 11.6. The molecule has 0 radical (unpaired) electrons. The molecule has 0 aromatic rings. The Balaban J connectivity index is 2.10. The van der Waals surface area contributed by atoms with E-state index in [0.29, 0.717) is 6.42 Å². The fourth-order valence-electron chi connectivity index (χ4n) is 2.36. The second-order valence-electron chi connectivity index (χ2n) is 5.09. The Hall–Kier alpha value is -0.755. The van der Waals surface area contributed by atoms with Crippen LogP contribution in [0.4, 0.5) is 0 Å². The van der Waals surface area contributed by atoms with Gasteiger partial charge in [-0.1, -0.05) is 39.1 Å². The van der Waals surface area contributed by atoms with Crippen LogP contribution in [0.3, 0.4) is 0 Å². The van der Waals surface area contributed by atoms with Crippen molar-refractivity contribution < 1.29 is 28.7 Å². The Morgan fingerprint density at radius 2 is 1.81 bits per heavy atom. The highest BCUT2D eigenvalue weighted by atomic mass is 127. The van der Waals surface area contributed by atoms with Crippen LogP contribution in [-0.2, 0) is 28.7 Å². The molecule has 0 bridgehead atoms. The number of halogens is 1. The maximum Gasteiger partial charge on any atom is 0.321 e. The number of ether oxygens (including phenoxy) is 2. The largest absolute Gasteiger partial charge is 0.393 e. The lowest BCUT2D eigenvalue weighted by Crippen LogP contribution is -2.12. The molecule has 2 aliphatic heterocycles. The molecule has 0 amide bonds. The zero-order valence-corrected chi connectivity index (χ0v) is 14.4. The summed E-state index contributed by atoms with van der Waals surface area (Å²) in [5, 5.41) is 0. The van der Waals surface area contributed by atoms with E-state index in [4.69, 9.17) is 0 Å². The summed E-state index contributed by atoms with van der Waals surface area (Å²) < 4.78 is 9.06. The van der Waals surface area contributed by atoms with Crippen LogP contribution in [0.25, 0.3) is 0 Å². The van der Waals surface area contributed by atoms with Crippen molar-refractivity contribution in [3.63, 3.8) is 0 Å². The summed E-state index contributed by atoms with van der Waals surface area (Å²) in [5.41, 5.74) is 0.605. The average molecular weight is 422 g/mol.